The van der Waals surface area contributed by atoms with Crippen molar-refractivity contribution in [2.45, 2.75) is 33.5 Å². The van der Waals surface area contributed by atoms with Crippen molar-refractivity contribution in [2.24, 2.45) is 0 Å². The molecule has 0 unspecified atom stereocenters. The second-order valence-corrected chi connectivity index (χ2v) is 8.57. The molecule has 0 bridgehead atoms. The number of hydrogen-bond acceptors (Lipinski definition) is 2. The zero-order chi connectivity index (χ0) is 8.65. The first-order chi connectivity index (χ1) is 4.91. The Bertz CT molecular complexity index is 240. The summed E-state index contributed by atoms with van der Waals surface area (Å²) in [5, 5.41) is 8.70. The maximum absolute atomic E-state index is 4.35. The molecular formula is C7H15N3Si. The summed E-state index contributed by atoms with van der Waals surface area (Å²) < 4.78 is 1.90. The lowest BCUT2D eigenvalue weighted by Crippen LogP contribution is -2.34. The van der Waals surface area contributed by atoms with Crippen LogP contribution in [-0.2, 0) is 0 Å². The van der Waals surface area contributed by atoms with Gasteiger partial charge in [-0.25, -0.2) is 4.46 Å². The van der Waals surface area contributed by atoms with Gasteiger partial charge in [0.1, 0.15) is 0 Å². The largest absolute Gasteiger partial charge is 0.221 e. The highest BCUT2D eigenvalue weighted by atomic mass is 28.3. The van der Waals surface area contributed by atoms with E-state index in [0.29, 0.717) is 0 Å². The van der Waals surface area contributed by atoms with Gasteiger partial charge in [0.2, 0.25) is 8.24 Å². The van der Waals surface area contributed by atoms with E-state index < -0.39 is 8.24 Å². The number of hydrogen-bond donors (Lipinski definition) is 0. The first kappa shape index (κ1) is 8.45. The second-order valence-electron chi connectivity index (χ2n) is 3.83. The minimum Gasteiger partial charge on any atom is -0.221 e. The number of aryl methyl sites for hydroxylation is 2. The third kappa shape index (κ3) is 1.68. The molecular weight excluding hydrogens is 154 g/mol. The van der Waals surface area contributed by atoms with E-state index in [1.165, 1.54) is 0 Å². The molecule has 0 fully saturated rings. The lowest BCUT2D eigenvalue weighted by molar-refractivity contribution is 0.787. The van der Waals surface area contributed by atoms with E-state index in [1.54, 1.807) is 0 Å². The molecule has 3 nitrogen and oxygen atoms in total. The van der Waals surface area contributed by atoms with Gasteiger partial charge in [0.25, 0.3) is 0 Å². The molecule has 1 rings (SSSR count). The topological polar surface area (TPSA) is 30.7 Å². The molecule has 0 aliphatic heterocycles. The highest BCUT2D eigenvalue weighted by Crippen LogP contribution is 2.05. The van der Waals surface area contributed by atoms with E-state index in [0.717, 1.165) is 11.4 Å². The third-order valence-corrected chi connectivity index (χ3v) is 3.01. The van der Waals surface area contributed by atoms with Gasteiger partial charge in [-0.1, -0.05) is 0 Å². The van der Waals surface area contributed by atoms with E-state index in [-0.39, 0.29) is 0 Å². The summed E-state index contributed by atoms with van der Waals surface area (Å²) in [6.45, 7) is 10.7. The van der Waals surface area contributed by atoms with E-state index in [9.17, 15) is 0 Å². The van der Waals surface area contributed by atoms with Crippen LogP contribution < -0.4 is 0 Å². The molecule has 0 aliphatic carbocycles. The van der Waals surface area contributed by atoms with E-state index in [4.69, 9.17) is 0 Å². The van der Waals surface area contributed by atoms with Crippen molar-refractivity contribution in [1.82, 2.24) is 14.7 Å². The molecule has 0 N–H and O–H groups in total. The van der Waals surface area contributed by atoms with Gasteiger partial charge < -0.3 is 0 Å². The molecule has 11 heavy (non-hydrogen) atoms. The van der Waals surface area contributed by atoms with Gasteiger partial charge in [0.15, 0.2) is 0 Å². The zero-order valence-corrected chi connectivity index (χ0v) is 8.84. The Hall–Kier alpha value is -0.643. The maximum Gasteiger partial charge on any atom is 0.202 e. The average Bonchev–Trinajstić information content (AvgIpc) is 2.11. The number of aromatic nitrogens is 3. The van der Waals surface area contributed by atoms with Crippen molar-refractivity contribution in [3.05, 3.63) is 11.4 Å². The molecule has 0 saturated carbocycles. The second kappa shape index (κ2) is 2.44. The predicted octanol–water partition coefficient (Wildman–Crippen LogP) is 1.58. The minimum atomic E-state index is -1.35. The van der Waals surface area contributed by atoms with Crippen LogP contribution >= 0.6 is 0 Å². The zero-order valence-electron chi connectivity index (χ0n) is 7.84. The normalized spacial score (nSPS) is 12.1. The van der Waals surface area contributed by atoms with Crippen LogP contribution in [0.15, 0.2) is 0 Å². The summed E-state index contributed by atoms with van der Waals surface area (Å²) in [7, 11) is -1.35. The first-order valence-electron chi connectivity index (χ1n) is 3.82. The molecule has 1 heterocycles. The van der Waals surface area contributed by atoms with Crippen molar-refractivity contribution in [3.63, 3.8) is 0 Å². The van der Waals surface area contributed by atoms with Crippen LogP contribution in [0.5, 0.6) is 0 Å². The number of nitrogens with zero attached hydrogens (tertiary/aromatic N) is 3. The fourth-order valence-corrected chi connectivity index (χ4v) is 1.65. The third-order valence-electron chi connectivity index (χ3n) is 1.61. The summed E-state index contributed by atoms with van der Waals surface area (Å²) in [4.78, 5) is 0. The van der Waals surface area contributed by atoms with Gasteiger partial charge in [-0.05, 0) is 33.5 Å². The Morgan fingerprint density at radius 2 is 1.36 bits per heavy atom. The van der Waals surface area contributed by atoms with Crippen molar-refractivity contribution < 1.29 is 0 Å². The Labute approximate surface area is 68.5 Å². The van der Waals surface area contributed by atoms with Crippen molar-refractivity contribution in [3.8, 4) is 0 Å². The minimum absolute atomic E-state index is 1.05. The summed E-state index contributed by atoms with van der Waals surface area (Å²) in [5.41, 5.74) is 2.10. The Morgan fingerprint density at radius 3 is 1.55 bits per heavy atom. The van der Waals surface area contributed by atoms with Crippen LogP contribution in [0, 0.1) is 13.8 Å². The molecule has 0 amide bonds. The van der Waals surface area contributed by atoms with Gasteiger partial charge in [0.05, 0.1) is 11.4 Å². The van der Waals surface area contributed by atoms with Crippen LogP contribution in [0.25, 0.3) is 0 Å². The van der Waals surface area contributed by atoms with E-state index in [1.807, 2.05) is 18.3 Å². The molecule has 0 saturated heterocycles. The molecule has 0 spiro atoms. The van der Waals surface area contributed by atoms with Crippen molar-refractivity contribution >= 4 is 8.24 Å². The predicted molar refractivity (Wildman–Crippen MR) is 48.2 cm³/mol. The smallest absolute Gasteiger partial charge is 0.202 e. The molecule has 0 atom stereocenters. The van der Waals surface area contributed by atoms with Gasteiger partial charge in [-0.15, -0.1) is 0 Å². The van der Waals surface area contributed by atoms with Gasteiger partial charge in [0, 0.05) is 0 Å². The standard InChI is InChI=1S/C7H15N3Si/c1-6-7(2)9-10(8-6)11(3,4)5/h1-5H3. The Balaban J connectivity index is 3.08. The van der Waals surface area contributed by atoms with Crippen molar-refractivity contribution in [1.29, 1.82) is 0 Å². The SMILES string of the molecule is Cc1nn([Si](C)(C)C)nc1C. The molecule has 0 radical (unpaired) electrons. The van der Waals surface area contributed by atoms with E-state index in [2.05, 4.69) is 29.8 Å². The summed E-state index contributed by atoms with van der Waals surface area (Å²) in [5.74, 6) is 0. The lowest BCUT2D eigenvalue weighted by Gasteiger charge is -2.13. The Kier molecular flexibility index (Phi) is 1.88. The van der Waals surface area contributed by atoms with Gasteiger partial charge in [-0.3, -0.25) is 0 Å². The highest BCUT2D eigenvalue weighted by Gasteiger charge is 2.19. The average molecular weight is 169 g/mol. The van der Waals surface area contributed by atoms with Gasteiger partial charge >= 0.3 is 0 Å². The first-order valence-corrected chi connectivity index (χ1v) is 7.27. The van der Waals surface area contributed by atoms with Crippen LogP contribution in [0.4, 0.5) is 0 Å². The maximum atomic E-state index is 4.35. The molecule has 62 valence electrons. The van der Waals surface area contributed by atoms with Gasteiger partial charge in [-0.2, -0.15) is 10.2 Å². The molecule has 0 aromatic carbocycles. The van der Waals surface area contributed by atoms with Crippen molar-refractivity contribution in [2.75, 3.05) is 0 Å². The quantitative estimate of drug-likeness (QED) is 0.598. The molecule has 1 aromatic rings. The molecule has 1 aromatic heterocycles. The number of rotatable bonds is 1. The van der Waals surface area contributed by atoms with Crippen LogP contribution in [-0.4, -0.2) is 22.9 Å². The molecule has 0 aliphatic rings. The highest BCUT2D eigenvalue weighted by molar-refractivity contribution is 6.73. The summed E-state index contributed by atoms with van der Waals surface area (Å²) in [6, 6.07) is 0. The lowest BCUT2D eigenvalue weighted by atomic mass is 10.4. The summed E-state index contributed by atoms with van der Waals surface area (Å²) in [6.07, 6.45) is 0. The van der Waals surface area contributed by atoms with Crippen LogP contribution in [0.1, 0.15) is 11.4 Å². The summed E-state index contributed by atoms with van der Waals surface area (Å²) >= 11 is 0. The monoisotopic (exact) mass is 169 g/mol. The van der Waals surface area contributed by atoms with E-state index >= 15 is 0 Å². The van der Waals surface area contributed by atoms with Crippen LogP contribution in [0.2, 0.25) is 19.6 Å². The fraction of sp³-hybridized carbons (Fsp3) is 0.714. The fourth-order valence-electron chi connectivity index (χ4n) is 0.751. The Morgan fingerprint density at radius 1 is 1.00 bits per heavy atom. The molecule has 4 heteroatoms. The van der Waals surface area contributed by atoms with Crippen LogP contribution in [0.3, 0.4) is 0 Å².